The molecule has 2 aliphatic rings. The van der Waals surface area contributed by atoms with Crippen molar-refractivity contribution in [2.45, 2.75) is 76.0 Å². The third-order valence-electron chi connectivity index (χ3n) is 11.0. The zero-order valence-electron chi connectivity index (χ0n) is 36.8. The third kappa shape index (κ3) is 14.1. The van der Waals surface area contributed by atoms with E-state index in [4.69, 9.17) is 4.74 Å². The number of benzene rings is 3. The van der Waals surface area contributed by atoms with E-state index in [9.17, 15) is 33.6 Å². The van der Waals surface area contributed by atoms with Crippen molar-refractivity contribution >= 4 is 70.7 Å². The predicted molar refractivity (Wildman–Crippen MR) is 250 cm³/mol. The molecule has 1 saturated heterocycles. The van der Waals surface area contributed by atoms with E-state index in [-0.39, 0.29) is 44.4 Å². The molecule has 1 aliphatic heterocycles. The van der Waals surface area contributed by atoms with E-state index in [2.05, 4.69) is 37.4 Å². The van der Waals surface area contributed by atoms with Crippen molar-refractivity contribution in [3.8, 4) is 11.1 Å². The number of rotatable bonds is 23. The van der Waals surface area contributed by atoms with Crippen molar-refractivity contribution in [2.75, 3.05) is 55.7 Å². The van der Waals surface area contributed by atoms with E-state index in [1.54, 1.807) is 24.3 Å². The van der Waals surface area contributed by atoms with Gasteiger partial charge in [0, 0.05) is 12.5 Å². The number of para-hydroxylation sites is 1. The normalized spacial score (nSPS) is 15.5. The number of nitrogens with one attached hydrogen (secondary N) is 7. The molecule has 0 radical (unpaired) electrons. The van der Waals surface area contributed by atoms with Crippen LogP contribution < -0.4 is 37.4 Å². The van der Waals surface area contributed by atoms with Gasteiger partial charge in [-0.3, -0.25) is 39.6 Å². The van der Waals surface area contributed by atoms with E-state index in [0.29, 0.717) is 36.5 Å². The quantitative estimate of drug-likeness (QED) is 0.0680. The summed E-state index contributed by atoms with van der Waals surface area (Å²) >= 11 is 3.00. The zero-order chi connectivity index (χ0) is 46.0. The molecular formula is C46H60N8O8S2. The van der Waals surface area contributed by atoms with Gasteiger partial charge in [-0.2, -0.15) is 23.5 Å². The molecule has 3 aromatic rings. The number of carbonyl (C=O) groups excluding carboxylic acids is 7. The van der Waals surface area contributed by atoms with Crippen molar-refractivity contribution < 1.29 is 38.3 Å². The number of alkyl carbamates (subject to hydrolysis) is 1. The molecule has 5 rings (SSSR count). The molecular weight excluding hydrogens is 857 g/mol. The molecule has 0 aromatic heterocycles. The molecule has 1 fully saturated rings. The summed E-state index contributed by atoms with van der Waals surface area (Å²) in [6, 6.07) is 21.1. The van der Waals surface area contributed by atoms with Crippen molar-refractivity contribution in [1.29, 1.82) is 0 Å². The summed E-state index contributed by atoms with van der Waals surface area (Å²) in [5.74, 6) is -2.25. The van der Waals surface area contributed by atoms with Gasteiger partial charge in [0.2, 0.25) is 29.5 Å². The van der Waals surface area contributed by atoms with Gasteiger partial charge >= 0.3 is 6.09 Å². The number of thioether (sulfide) groups is 2. The molecule has 7 amide bonds. The Balaban J connectivity index is 1.13. The van der Waals surface area contributed by atoms with Crippen molar-refractivity contribution in [3.05, 3.63) is 90.0 Å². The molecule has 1 heterocycles. The molecule has 16 nitrogen and oxygen atoms in total. The first kappa shape index (κ1) is 49.3. The van der Waals surface area contributed by atoms with Crippen LogP contribution >= 0.6 is 23.5 Å². The number of carbonyl (C=O) groups is 7. The predicted octanol–water partition coefficient (Wildman–Crippen LogP) is 3.78. The minimum absolute atomic E-state index is 0.0178. The lowest BCUT2D eigenvalue weighted by atomic mass is 9.98. The second kappa shape index (κ2) is 24.9. The second-order valence-corrected chi connectivity index (χ2v) is 18.0. The minimum Gasteiger partial charge on any atom is -0.449 e. The van der Waals surface area contributed by atoms with Crippen molar-refractivity contribution in [2.24, 2.45) is 5.92 Å². The van der Waals surface area contributed by atoms with Crippen LogP contribution in [0.1, 0.15) is 63.0 Å². The fourth-order valence-electron chi connectivity index (χ4n) is 7.79. The summed E-state index contributed by atoms with van der Waals surface area (Å²) < 4.78 is 5.68. The highest BCUT2D eigenvalue weighted by Crippen LogP contribution is 2.44. The van der Waals surface area contributed by atoms with Gasteiger partial charge in [-0.1, -0.05) is 80.6 Å². The van der Waals surface area contributed by atoms with Crippen LogP contribution in [-0.2, 0) is 33.5 Å². The maximum absolute atomic E-state index is 14.1. The maximum Gasteiger partial charge on any atom is 0.407 e. The Hall–Kier alpha value is -5.75. The number of hydrogen-bond donors (Lipinski definition) is 7. The maximum atomic E-state index is 14.1. The third-order valence-corrected chi connectivity index (χ3v) is 12.2. The number of anilines is 1. The summed E-state index contributed by atoms with van der Waals surface area (Å²) in [5, 5.41) is 13.4. The van der Waals surface area contributed by atoms with Crippen LogP contribution in [0.2, 0.25) is 0 Å². The van der Waals surface area contributed by atoms with Gasteiger partial charge < -0.3 is 36.2 Å². The van der Waals surface area contributed by atoms with Gasteiger partial charge in [0.25, 0.3) is 5.91 Å². The Bertz CT molecular complexity index is 2050. The molecule has 0 bridgehead atoms. The lowest BCUT2D eigenvalue weighted by molar-refractivity contribution is -0.142. The summed E-state index contributed by atoms with van der Waals surface area (Å²) in [7, 11) is 0. The fourth-order valence-corrected chi connectivity index (χ4v) is 8.73. The number of ether oxygens (including phenoxy) is 1. The smallest absolute Gasteiger partial charge is 0.407 e. The number of likely N-dealkylation sites (tertiary alicyclic amines) is 1. The van der Waals surface area contributed by atoms with Crippen LogP contribution in [0.5, 0.6) is 0 Å². The highest BCUT2D eigenvalue weighted by Gasteiger charge is 2.39. The Morgan fingerprint density at radius 1 is 0.703 bits per heavy atom. The van der Waals surface area contributed by atoms with Crippen LogP contribution in [0, 0.1) is 5.92 Å². The Morgan fingerprint density at radius 2 is 1.27 bits per heavy atom. The van der Waals surface area contributed by atoms with Crippen LogP contribution in [0.4, 0.5) is 10.5 Å². The number of nitrogens with zero attached hydrogens (tertiary/aromatic N) is 1. The molecule has 0 unspecified atom stereocenters. The summed E-state index contributed by atoms with van der Waals surface area (Å²) in [6.07, 6.45) is 4.73. The lowest BCUT2D eigenvalue weighted by Crippen LogP contribution is -2.57. The lowest BCUT2D eigenvalue weighted by Gasteiger charge is -2.30. The first-order chi connectivity index (χ1) is 30.9. The van der Waals surface area contributed by atoms with E-state index in [1.165, 1.54) is 28.4 Å². The van der Waals surface area contributed by atoms with E-state index >= 15 is 0 Å². The van der Waals surface area contributed by atoms with E-state index in [1.807, 2.05) is 81.0 Å². The highest BCUT2D eigenvalue weighted by molar-refractivity contribution is 7.98. The highest BCUT2D eigenvalue weighted by atomic mass is 32.2. The first-order valence-electron chi connectivity index (χ1n) is 21.5. The van der Waals surface area contributed by atoms with Crippen LogP contribution in [0.25, 0.3) is 11.1 Å². The van der Waals surface area contributed by atoms with Gasteiger partial charge in [0.05, 0.1) is 18.8 Å². The van der Waals surface area contributed by atoms with Crippen LogP contribution in [-0.4, -0.2) is 121 Å². The molecule has 64 heavy (non-hydrogen) atoms. The van der Waals surface area contributed by atoms with Gasteiger partial charge in [-0.25, -0.2) is 4.79 Å². The standard InChI is InChI=1S/C46H60N8O8S2/c1-29(2)25-38(45(60)54-22-12-19-39(54)44(59)50-36(20-23-63-3)42(57)48-27-41(56)53-52-30-13-6-5-7-14-30)49-40(55)26-47-43(58)37(21-24-64-4)51-46(61)62-28-35-33-17-10-8-15-31(33)32-16-9-11-18-34(32)35/h5-11,13-18,29,35-39,52H,12,19-28H2,1-4H3,(H,47,58)(H,48,57)(H,49,55)(H,50,59)(H,51,61)(H,53,56)/t36-,37-,38-,39-/m0/s1. The molecule has 3 aromatic carbocycles. The van der Waals surface area contributed by atoms with Crippen LogP contribution in [0.3, 0.4) is 0 Å². The Labute approximate surface area is 383 Å². The fraction of sp³-hybridized carbons (Fsp3) is 0.457. The molecule has 7 N–H and O–H groups in total. The number of hydrogen-bond acceptors (Lipinski definition) is 11. The molecule has 18 heteroatoms. The van der Waals surface area contributed by atoms with Gasteiger partial charge in [-0.05, 0) is 96.4 Å². The Morgan fingerprint density at radius 3 is 1.86 bits per heavy atom. The molecule has 0 saturated carbocycles. The first-order valence-corrected chi connectivity index (χ1v) is 24.3. The van der Waals surface area contributed by atoms with Gasteiger partial charge in [0.1, 0.15) is 30.8 Å². The average molecular weight is 917 g/mol. The van der Waals surface area contributed by atoms with E-state index < -0.39 is 72.2 Å². The molecule has 344 valence electrons. The molecule has 1 aliphatic carbocycles. The summed E-state index contributed by atoms with van der Waals surface area (Å²) in [6.45, 7) is 3.36. The summed E-state index contributed by atoms with van der Waals surface area (Å²) in [5.41, 5.74) is 10.3. The van der Waals surface area contributed by atoms with Gasteiger partial charge in [-0.15, -0.1) is 0 Å². The monoisotopic (exact) mass is 916 g/mol. The van der Waals surface area contributed by atoms with Crippen molar-refractivity contribution in [3.63, 3.8) is 0 Å². The number of fused-ring (bicyclic) bond motifs is 3. The zero-order valence-corrected chi connectivity index (χ0v) is 38.4. The SMILES string of the molecule is CSCC[C@H](NC(=O)OCC1c2ccccc2-c2ccccc21)C(=O)NCC(=O)N[C@@H](CC(C)C)C(=O)N1CCC[C@H]1C(=O)N[C@@H](CCSC)C(=O)NCC(=O)NNc1ccccc1. The average Bonchev–Trinajstić information content (AvgIpc) is 3.92. The number of hydrazine groups is 1. The van der Waals surface area contributed by atoms with E-state index in [0.717, 1.165) is 22.3 Å². The molecule has 4 atom stereocenters. The minimum atomic E-state index is -0.998. The molecule has 0 spiro atoms. The second-order valence-electron chi connectivity index (χ2n) is 16.1. The van der Waals surface area contributed by atoms with Gasteiger partial charge in [0.15, 0.2) is 0 Å². The summed E-state index contributed by atoms with van der Waals surface area (Å²) in [4.78, 5) is 94.8. The largest absolute Gasteiger partial charge is 0.449 e. The Kier molecular flexibility index (Phi) is 19.2. The van der Waals surface area contributed by atoms with Crippen molar-refractivity contribution in [1.82, 2.24) is 36.9 Å². The topological polar surface area (TPSA) is 216 Å². The van der Waals surface area contributed by atoms with Crippen LogP contribution in [0.15, 0.2) is 78.9 Å². The number of amides is 7.